The Bertz CT molecular complexity index is 1430. The molecule has 0 bridgehead atoms. The molecule has 35 heavy (non-hydrogen) atoms. The topological polar surface area (TPSA) is 121 Å². The van der Waals surface area contributed by atoms with Gasteiger partial charge in [0.2, 0.25) is 0 Å². The van der Waals surface area contributed by atoms with Gasteiger partial charge in [-0.05, 0) is 24.3 Å². The summed E-state index contributed by atoms with van der Waals surface area (Å²) in [4.78, 5) is 12.7. The molecular formula is C18H21Cl3N6O4S4. The third kappa shape index (κ3) is 8.55. The van der Waals surface area contributed by atoms with Crippen molar-refractivity contribution in [1.29, 1.82) is 0 Å². The van der Waals surface area contributed by atoms with Gasteiger partial charge in [0, 0.05) is 38.9 Å². The second kappa shape index (κ2) is 12.7. The number of nitrogens with one attached hydrogen (secondary N) is 1. The van der Waals surface area contributed by atoms with Crippen LogP contribution in [0.2, 0.25) is 8.67 Å². The number of rotatable bonds is 5. The van der Waals surface area contributed by atoms with E-state index in [4.69, 9.17) is 33.9 Å². The van der Waals surface area contributed by atoms with Crippen molar-refractivity contribution in [3.63, 3.8) is 0 Å². The minimum Gasteiger partial charge on any atom is -0.344 e. The molecule has 0 fully saturated rings. The van der Waals surface area contributed by atoms with Crippen LogP contribution in [0.3, 0.4) is 0 Å². The molecule has 0 amide bonds. The van der Waals surface area contributed by atoms with Crippen LogP contribution in [0.4, 0.5) is 0 Å². The van der Waals surface area contributed by atoms with Crippen molar-refractivity contribution in [2.75, 3.05) is 28.2 Å². The molecule has 0 unspecified atom stereocenters. The Morgan fingerprint density at radius 1 is 0.857 bits per heavy atom. The number of hydrogen-bond donors (Lipinski definition) is 1. The average Bonchev–Trinajstić information content (AvgIpc) is 3.55. The number of thiophene rings is 2. The predicted molar refractivity (Wildman–Crippen MR) is 144 cm³/mol. The van der Waals surface area contributed by atoms with Gasteiger partial charge < -0.3 is 4.98 Å². The number of halogens is 3. The molecule has 4 aromatic heterocycles. The zero-order chi connectivity index (χ0) is 26.4. The average molecular weight is 620 g/mol. The number of imidazole rings is 2. The van der Waals surface area contributed by atoms with E-state index in [0.717, 1.165) is 32.4 Å². The summed E-state index contributed by atoms with van der Waals surface area (Å²) in [5.41, 5.74) is 1.53. The lowest BCUT2D eigenvalue weighted by Gasteiger charge is -2.13. The Kier molecular flexibility index (Phi) is 10.8. The maximum absolute atomic E-state index is 12.0. The second-order valence-electron chi connectivity index (χ2n) is 6.76. The highest BCUT2D eigenvalue weighted by Gasteiger charge is 2.21. The fourth-order valence-electron chi connectivity index (χ4n) is 2.12. The van der Waals surface area contributed by atoms with Gasteiger partial charge in [0.25, 0.3) is 9.24 Å². The highest BCUT2D eigenvalue weighted by molar-refractivity contribution is 8.11. The van der Waals surface area contributed by atoms with Gasteiger partial charge in [-0.15, -0.1) is 22.7 Å². The molecule has 0 saturated carbocycles. The number of nitrogens with zero attached hydrogens (tertiary/aromatic N) is 5. The molecule has 0 atom stereocenters. The normalized spacial score (nSPS) is 11.7. The lowest BCUT2D eigenvalue weighted by molar-refractivity contribution is 0.511. The maximum atomic E-state index is 12.0. The first kappa shape index (κ1) is 29.7. The molecule has 1 N–H and O–H groups in total. The Morgan fingerprint density at radius 3 is 1.80 bits per heavy atom. The van der Waals surface area contributed by atoms with Crippen LogP contribution >= 0.6 is 56.6 Å². The van der Waals surface area contributed by atoms with Gasteiger partial charge >= 0.3 is 10.2 Å². The van der Waals surface area contributed by atoms with E-state index in [1.54, 1.807) is 24.7 Å². The van der Waals surface area contributed by atoms with Gasteiger partial charge in [0.1, 0.15) is 6.33 Å². The summed E-state index contributed by atoms with van der Waals surface area (Å²) in [6, 6.07) is 7.34. The number of hydrogen-bond acceptors (Lipinski definition) is 8. The van der Waals surface area contributed by atoms with Crippen molar-refractivity contribution >= 4 is 76.0 Å². The standard InChI is InChI=1S/C9H10ClN3O2S2.C7H5ClN2S.C2H6ClNO2S/c1-12(2)17(14,15)13-6-11-5-7(13)8-3-4-9(10)16-8;8-7-2-1-6(11-7)5-3-9-4-10-5;1-4(2)7(3,5)6/h3-6H,1-2H3;1-4H,(H,9,10);1-2H3. The lowest BCUT2D eigenvalue weighted by atomic mass is 10.4. The quantitative estimate of drug-likeness (QED) is 0.322. The van der Waals surface area contributed by atoms with Crippen molar-refractivity contribution in [1.82, 2.24) is 27.5 Å². The van der Waals surface area contributed by atoms with Crippen LogP contribution in [0.1, 0.15) is 0 Å². The zero-order valence-electron chi connectivity index (χ0n) is 18.8. The summed E-state index contributed by atoms with van der Waals surface area (Å²) in [6.07, 6.45) is 6.21. The third-order valence-electron chi connectivity index (χ3n) is 3.91. The highest BCUT2D eigenvalue weighted by Crippen LogP contribution is 2.31. The summed E-state index contributed by atoms with van der Waals surface area (Å²) < 4.78 is 48.7. The molecule has 17 heteroatoms. The van der Waals surface area contributed by atoms with Crippen LogP contribution in [0, 0.1) is 0 Å². The van der Waals surface area contributed by atoms with Gasteiger partial charge in [-0.2, -0.15) is 25.4 Å². The van der Waals surface area contributed by atoms with E-state index in [-0.39, 0.29) is 0 Å². The molecule has 0 aliphatic carbocycles. The van der Waals surface area contributed by atoms with Gasteiger partial charge in [-0.25, -0.2) is 13.9 Å². The minimum absolute atomic E-state index is 0.510. The molecule has 0 saturated heterocycles. The summed E-state index contributed by atoms with van der Waals surface area (Å²) >= 11 is 14.4. The molecule has 0 aliphatic heterocycles. The van der Waals surface area contributed by atoms with E-state index in [9.17, 15) is 16.8 Å². The second-order valence-corrected chi connectivity index (χ2v) is 14.9. The fourth-order valence-corrected chi connectivity index (χ4v) is 5.16. The lowest BCUT2D eigenvalue weighted by Crippen LogP contribution is -2.28. The first-order valence-corrected chi connectivity index (χ1v) is 15.4. The van der Waals surface area contributed by atoms with Crippen LogP contribution in [0.25, 0.3) is 21.1 Å². The zero-order valence-corrected chi connectivity index (χ0v) is 24.3. The van der Waals surface area contributed by atoms with Gasteiger partial charge in [-0.3, -0.25) is 0 Å². The van der Waals surface area contributed by atoms with Gasteiger partial charge in [0.05, 0.1) is 48.5 Å². The molecule has 0 radical (unpaired) electrons. The van der Waals surface area contributed by atoms with E-state index < -0.39 is 19.4 Å². The molecule has 4 rings (SSSR count). The number of H-pyrrole nitrogens is 1. The molecule has 4 aromatic rings. The van der Waals surface area contributed by atoms with Crippen LogP contribution in [0.5, 0.6) is 0 Å². The molecule has 4 heterocycles. The van der Waals surface area contributed by atoms with Crippen LogP contribution in [-0.2, 0) is 19.4 Å². The Hall–Kier alpha value is -1.49. The molecule has 0 spiro atoms. The van der Waals surface area contributed by atoms with E-state index in [1.807, 2.05) is 12.1 Å². The largest absolute Gasteiger partial charge is 0.344 e. The SMILES string of the molecule is CN(C)S(=O)(=O)Cl.CN(C)S(=O)(=O)n1cncc1-c1ccc(Cl)s1.Clc1ccc(-c2cnc[nH]2)s1. The molecule has 10 nitrogen and oxygen atoms in total. The number of aromatic amines is 1. The predicted octanol–water partition coefficient (Wildman–Crippen LogP) is 4.74. The maximum Gasteiger partial charge on any atom is 0.308 e. The van der Waals surface area contributed by atoms with Crippen LogP contribution < -0.4 is 0 Å². The smallest absolute Gasteiger partial charge is 0.308 e. The van der Waals surface area contributed by atoms with Crippen molar-refractivity contribution in [2.24, 2.45) is 0 Å². The van der Waals surface area contributed by atoms with E-state index >= 15 is 0 Å². The van der Waals surface area contributed by atoms with Crippen LogP contribution in [-0.4, -0.2) is 72.6 Å². The summed E-state index contributed by atoms with van der Waals surface area (Å²) in [7, 11) is 3.45. The Balaban J connectivity index is 0.000000206. The van der Waals surface area contributed by atoms with E-state index in [0.29, 0.717) is 10.0 Å². The molecule has 0 aromatic carbocycles. The minimum atomic E-state index is -3.55. The first-order chi connectivity index (χ1) is 16.2. The summed E-state index contributed by atoms with van der Waals surface area (Å²) in [5, 5.41) is 0. The van der Waals surface area contributed by atoms with Crippen molar-refractivity contribution < 1.29 is 16.8 Å². The van der Waals surface area contributed by atoms with Crippen LogP contribution in [0.15, 0.2) is 49.3 Å². The van der Waals surface area contributed by atoms with Gasteiger partial charge in [0.15, 0.2) is 0 Å². The fraction of sp³-hybridized carbons (Fsp3) is 0.222. The van der Waals surface area contributed by atoms with Crippen molar-refractivity contribution in [3.8, 4) is 21.1 Å². The monoisotopic (exact) mass is 618 g/mol. The molecule has 0 aliphatic rings. The molecule has 192 valence electrons. The van der Waals surface area contributed by atoms with Gasteiger partial charge in [-0.1, -0.05) is 23.2 Å². The van der Waals surface area contributed by atoms with E-state index in [1.165, 1.54) is 63.4 Å². The molecular weight excluding hydrogens is 599 g/mol. The Labute approximate surface area is 226 Å². The van der Waals surface area contributed by atoms with Crippen molar-refractivity contribution in [3.05, 3.63) is 58.0 Å². The van der Waals surface area contributed by atoms with E-state index in [2.05, 4.69) is 15.0 Å². The first-order valence-electron chi connectivity index (χ1n) is 9.30. The third-order valence-corrected chi connectivity index (χ3v) is 9.84. The summed E-state index contributed by atoms with van der Waals surface area (Å²) in [5.74, 6) is 0. The number of aromatic nitrogens is 4. The highest BCUT2D eigenvalue weighted by atomic mass is 35.7. The summed E-state index contributed by atoms with van der Waals surface area (Å²) in [6.45, 7) is 0. The Morgan fingerprint density at radius 2 is 1.40 bits per heavy atom. The van der Waals surface area contributed by atoms with Crippen molar-refractivity contribution in [2.45, 2.75) is 0 Å².